The van der Waals surface area contributed by atoms with Crippen molar-refractivity contribution in [2.45, 2.75) is 6.54 Å². The molecule has 3 aromatic carbocycles. The lowest BCUT2D eigenvalue weighted by Crippen LogP contribution is -2.00. The van der Waals surface area contributed by atoms with E-state index >= 15 is 0 Å². The second kappa shape index (κ2) is 5.75. The number of fused-ring (bicyclic) bond motifs is 1. The molecule has 0 spiro atoms. The SMILES string of the molecule is COc1ccc(CNc2cccc3ccccc23)c(O)c1. The number of methoxy groups -OCH3 is 1. The highest BCUT2D eigenvalue weighted by Gasteiger charge is 2.04. The highest BCUT2D eigenvalue weighted by atomic mass is 16.5. The Kier molecular flexibility index (Phi) is 3.65. The lowest BCUT2D eigenvalue weighted by atomic mass is 10.1. The Morgan fingerprint density at radius 1 is 1.00 bits per heavy atom. The van der Waals surface area contributed by atoms with Crippen LogP contribution < -0.4 is 10.1 Å². The molecule has 106 valence electrons. The molecule has 21 heavy (non-hydrogen) atoms. The Hall–Kier alpha value is -2.68. The molecule has 0 aliphatic rings. The fourth-order valence-corrected chi connectivity index (χ4v) is 2.39. The molecule has 0 saturated heterocycles. The first-order valence-corrected chi connectivity index (χ1v) is 6.85. The summed E-state index contributed by atoms with van der Waals surface area (Å²) in [6.07, 6.45) is 0. The topological polar surface area (TPSA) is 41.5 Å². The highest BCUT2D eigenvalue weighted by molar-refractivity contribution is 5.93. The summed E-state index contributed by atoms with van der Waals surface area (Å²) in [6.45, 7) is 0.559. The van der Waals surface area contributed by atoms with Gasteiger partial charge in [-0.25, -0.2) is 0 Å². The monoisotopic (exact) mass is 279 g/mol. The summed E-state index contributed by atoms with van der Waals surface area (Å²) in [4.78, 5) is 0. The van der Waals surface area contributed by atoms with Crippen molar-refractivity contribution >= 4 is 16.5 Å². The first-order chi connectivity index (χ1) is 10.3. The number of hydrogen-bond acceptors (Lipinski definition) is 3. The zero-order chi connectivity index (χ0) is 14.7. The van der Waals surface area contributed by atoms with E-state index in [-0.39, 0.29) is 5.75 Å². The molecule has 2 N–H and O–H groups in total. The maximum atomic E-state index is 9.99. The molecule has 0 saturated carbocycles. The number of ether oxygens (including phenoxy) is 1. The van der Waals surface area contributed by atoms with Crippen LogP contribution in [-0.4, -0.2) is 12.2 Å². The van der Waals surface area contributed by atoms with Crippen molar-refractivity contribution in [1.82, 2.24) is 0 Å². The molecular formula is C18H17NO2. The lowest BCUT2D eigenvalue weighted by Gasteiger charge is -2.11. The fourth-order valence-electron chi connectivity index (χ4n) is 2.39. The predicted octanol–water partition coefficient (Wildman–Crippen LogP) is 4.17. The number of rotatable bonds is 4. The third kappa shape index (κ3) is 2.77. The number of aromatic hydroxyl groups is 1. The molecule has 0 bridgehead atoms. The average Bonchev–Trinajstić information content (AvgIpc) is 2.53. The Morgan fingerprint density at radius 2 is 1.81 bits per heavy atom. The van der Waals surface area contributed by atoms with Gasteiger partial charge in [0.1, 0.15) is 11.5 Å². The molecule has 0 fully saturated rings. The van der Waals surface area contributed by atoms with Gasteiger partial charge in [0.15, 0.2) is 0 Å². The average molecular weight is 279 g/mol. The second-order valence-electron chi connectivity index (χ2n) is 4.87. The van der Waals surface area contributed by atoms with E-state index in [4.69, 9.17) is 4.74 Å². The minimum atomic E-state index is 0.238. The van der Waals surface area contributed by atoms with Crippen molar-refractivity contribution in [1.29, 1.82) is 0 Å². The van der Waals surface area contributed by atoms with Gasteiger partial charge >= 0.3 is 0 Å². The molecule has 3 heteroatoms. The van der Waals surface area contributed by atoms with Gasteiger partial charge < -0.3 is 15.2 Å². The van der Waals surface area contributed by atoms with E-state index in [1.54, 1.807) is 13.2 Å². The number of hydrogen-bond donors (Lipinski definition) is 2. The summed E-state index contributed by atoms with van der Waals surface area (Å²) < 4.78 is 5.09. The number of phenolic OH excluding ortho intramolecular Hbond substituents is 1. The number of nitrogens with one attached hydrogen (secondary N) is 1. The van der Waals surface area contributed by atoms with E-state index in [2.05, 4.69) is 23.5 Å². The number of anilines is 1. The van der Waals surface area contributed by atoms with Crippen LogP contribution >= 0.6 is 0 Å². The van der Waals surface area contributed by atoms with E-state index in [9.17, 15) is 5.11 Å². The molecule has 3 nitrogen and oxygen atoms in total. The quantitative estimate of drug-likeness (QED) is 0.753. The molecule has 0 aliphatic carbocycles. The van der Waals surface area contributed by atoms with Crippen molar-refractivity contribution < 1.29 is 9.84 Å². The number of benzene rings is 3. The second-order valence-corrected chi connectivity index (χ2v) is 4.87. The van der Waals surface area contributed by atoms with Gasteiger partial charge in [-0.1, -0.05) is 36.4 Å². The Bertz CT molecular complexity index is 763. The van der Waals surface area contributed by atoms with Gasteiger partial charge in [-0.05, 0) is 23.6 Å². The molecule has 0 heterocycles. The molecule has 0 amide bonds. The molecule has 3 rings (SSSR count). The zero-order valence-corrected chi connectivity index (χ0v) is 11.8. The van der Waals surface area contributed by atoms with Crippen molar-refractivity contribution in [3.05, 3.63) is 66.2 Å². The molecule has 0 aromatic heterocycles. The Balaban J connectivity index is 1.84. The summed E-state index contributed by atoms with van der Waals surface area (Å²) in [5.74, 6) is 0.892. The summed E-state index contributed by atoms with van der Waals surface area (Å²) >= 11 is 0. The van der Waals surface area contributed by atoms with Gasteiger partial charge in [-0.2, -0.15) is 0 Å². The first kappa shape index (κ1) is 13.3. The van der Waals surface area contributed by atoms with E-state index in [0.717, 1.165) is 11.3 Å². The molecule has 0 unspecified atom stereocenters. The lowest BCUT2D eigenvalue weighted by molar-refractivity contribution is 0.406. The molecular weight excluding hydrogens is 262 g/mol. The standard InChI is InChI=1S/C18H17NO2/c1-21-15-10-9-14(18(20)11-15)12-19-17-8-4-6-13-5-2-3-7-16(13)17/h2-11,19-20H,12H2,1H3. The van der Waals surface area contributed by atoms with Crippen LogP contribution in [0.15, 0.2) is 60.7 Å². The van der Waals surface area contributed by atoms with Crippen LogP contribution in [0, 0.1) is 0 Å². The summed E-state index contributed by atoms with van der Waals surface area (Å²) in [5, 5.41) is 15.7. The smallest absolute Gasteiger partial charge is 0.124 e. The fraction of sp³-hybridized carbons (Fsp3) is 0.111. The maximum absolute atomic E-state index is 9.99. The van der Waals surface area contributed by atoms with Crippen LogP contribution in [0.2, 0.25) is 0 Å². The van der Waals surface area contributed by atoms with E-state index in [1.165, 1.54) is 10.8 Å². The van der Waals surface area contributed by atoms with Gasteiger partial charge in [0.25, 0.3) is 0 Å². The summed E-state index contributed by atoms with van der Waals surface area (Å²) in [7, 11) is 1.59. The Morgan fingerprint density at radius 3 is 2.62 bits per heavy atom. The van der Waals surface area contributed by atoms with Crippen LogP contribution in [0.4, 0.5) is 5.69 Å². The molecule has 0 atom stereocenters. The van der Waals surface area contributed by atoms with Crippen molar-refractivity contribution in [3.8, 4) is 11.5 Å². The van der Waals surface area contributed by atoms with Crippen molar-refractivity contribution in [2.75, 3.05) is 12.4 Å². The van der Waals surface area contributed by atoms with Gasteiger partial charge in [0.2, 0.25) is 0 Å². The highest BCUT2D eigenvalue weighted by Crippen LogP contribution is 2.26. The zero-order valence-electron chi connectivity index (χ0n) is 11.8. The van der Waals surface area contributed by atoms with Gasteiger partial charge in [-0.15, -0.1) is 0 Å². The minimum Gasteiger partial charge on any atom is -0.507 e. The van der Waals surface area contributed by atoms with Crippen LogP contribution in [0.3, 0.4) is 0 Å². The van der Waals surface area contributed by atoms with E-state index < -0.39 is 0 Å². The molecule has 0 radical (unpaired) electrons. The maximum Gasteiger partial charge on any atom is 0.124 e. The van der Waals surface area contributed by atoms with Crippen LogP contribution in [0.1, 0.15) is 5.56 Å². The van der Waals surface area contributed by atoms with E-state index in [1.807, 2.05) is 36.4 Å². The number of phenols is 1. The first-order valence-electron chi connectivity index (χ1n) is 6.85. The normalized spacial score (nSPS) is 10.5. The largest absolute Gasteiger partial charge is 0.507 e. The molecule has 0 aliphatic heterocycles. The van der Waals surface area contributed by atoms with E-state index in [0.29, 0.717) is 12.3 Å². The predicted molar refractivity (Wildman–Crippen MR) is 85.9 cm³/mol. The third-order valence-electron chi connectivity index (χ3n) is 3.55. The van der Waals surface area contributed by atoms with Gasteiger partial charge in [-0.3, -0.25) is 0 Å². The minimum absolute atomic E-state index is 0.238. The molecule has 3 aromatic rings. The van der Waals surface area contributed by atoms with Gasteiger partial charge in [0.05, 0.1) is 7.11 Å². The summed E-state index contributed by atoms with van der Waals surface area (Å²) in [6, 6.07) is 19.7. The van der Waals surface area contributed by atoms with Gasteiger partial charge in [0, 0.05) is 29.2 Å². The summed E-state index contributed by atoms with van der Waals surface area (Å²) in [5.41, 5.74) is 1.90. The van der Waals surface area contributed by atoms with Crippen LogP contribution in [0.5, 0.6) is 11.5 Å². The van der Waals surface area contributed by atoms with Crippen molar-refractivity contribution in [3.63, 3.8) is 0 Å². The third-order valence-corrected chi connectivity index (χ3v) is 3.55. The Labute approximate surface area is 123 Å². The van der Waals surface area contributed by atoms with Crippen molar-refractivity contribution in [2.24, 2.45) is 0 Å². The van der Waals surface area contributed by atoms with Crippen LogP contribution in [0.25, 0.3) is 10.8 Å². The van der Waals surface area contributed by atoms with Crippen LogP contribution in [-0.2, 0) is 6.54 Å².